The van der Waals surface area contributed by atoms with Crippen molar-refractivity contribution in [1.29, 1.82) is 0 Å². The fourth-order valence-electron chi connectivity index (χ4n) is 2.17. The molecule has 2 unspecified atom stereocenters. The van der Waals surface area contributed by atoms with Crippen LogP contribution in [0.15, 0.2) is 15.9 Å². The molecule has 0 spiro atoms. The minimum absolute atomic E-state index is 0.0531. The van der Waals surface area contributed by atoms with Gasteiger partial charge < -0.3 is 5.32 Å². The molecule has 94 valence electrons. The summed E-state index contributed by atoms with van der Waals surface area (Å²) >= 11 is 8.51. The molecule has 5 heteroatoms. The number of alkyl halides is 1. The quantitative estimate of drug-likeness (QED) is 0.782. The monoisotopic (exact) mass is 379 g/mol. The van der Waals surface area contributed by atoms with Crippen LogP contribution in [-0.4, -0.2) is 17.3 Å². The van der Waals surface area contributed by atoms with Gasteiger partial charge in [0.2, 0.25) is 0 Å². The first-order valence-corrected chi connectivity index (χ1v) is 8.35. The van der Waals surface area contributed by atoms with Gasteiger partial charge in [0.1, 0.15) is 0 Å². The van der Waals surface area contributed by atoms with Crippen LogP contribution in [0, 0.1) is 5.92 Å². The van der Waals surface area contributed by atoms with Crippen molar-refractivity contribution in [2.75, 3.05) is 6.54 Å². The molecule has 1 aliphatic rings. The van der Waals surface area contributed by atoms with E-state index in [1.54, 1.807) is 0 Å². The van der Waals surface area contributed by atoms with E-state index in [0.717, 1.165) is 15.2 Å². The van der Waals surface area contributed by atoms with Gasteiger partial charge in [-0.2, -0.15) is 0 Å². The van der Waals surface area contributed by atoms with Crippen LogP contribution in [0.4, 0.5) is 0 Å². The van der Waals surface area contributed by atoms with E-state index in [2.05, 4.69) is 37.2 Å². The van der Waals surface area contributed by atoms with E-state index in [1.807, 2.05) is 12.1 Å². The Hall–Kier alpha value is 0.130. The first kappa shape index (κ1) is 13.6. The average molecular weight is 381 g/mol. The Bertz CT molecular complexity index is 394. The van der Waals surface area contributed by atoms with E-state index in [1.165, 1.54) is 37.0 Å². The topological polar surface area (TPSA) is 29.1 Å². The number of hydrogen-bond acceptors (Lipinski definition) is 2. The normalized spacial score (nSPS) is 24.6. The molecule has 1 saturated carbocycles. The van der Waals surface area contributed by atoms with Gasteiger partial charge in [-0.3, -0.25) is 4.79 Å². The predicted molar refractivity (Wildman–Crippen MR) is 79.0 cm³/mol. The summed E-state index contributed by atoms with van der Waals surface area (Å²) in [6, 6.07) is 3.77. The summed E-state index contributed by atoms with van der Waals surface area (Å²) in [6.45, 7) is 0.802. The summed E-state index contributed by atoms with van der Waals surface area (Å²) in [7, 11) is 0. The van der Waals surface area contributed by atoms with Gasteiger partial charge in [-0.05, 0) is 53.2 Å². The molecule has 0 aromatic carbocycles. The first-order chi connectivity index (χ1) is 8.15. The number of halogens is 2. The van der Waals surface area contributed by atoms with Gasteiger partial charge in [0.05, 0.1) is 8.66 Å². The van der Waals surface area contributed by atoms with Crippen molar-refractivity contribution in [2.24, 2.45) is 5.92 Å². The molecule has 1 fully saturated rings. The number of carbonyl (C=O) groups is 1. The van der Waals surface area contributed by atoms with Crippen LogP contribution in [0.2, 0.25) is 0 Å². The molecule has 0 radical (unpaired) electrons. The third-order valence-corrected chi connectivity index (χ3v) is 5.52. The van der Waals surface area contributed by atoms with Crippen molar-refractivity contribution in [3.63, 3.8) is 0 Å². The fraction of sp³-hybridized carbons (Fsp3) is 0.583. The van der Waals surface area contributed by atoms with Crippen molar-refractivity contribution in [2.45, 2.75) is 30.5 Å². The van der Waals surface area contributed by atoms with Crippen molar-refractivity contribution < 1.29 is 4.79 Å². The summed E-state index contributed by atoms with van der Waals surface area (Å²) in [4.78, 5) is 13.3. The summed E-state index contributed by atoms with van der Waals surface area (Å²) in [5.74, 6) is 0.679. The third-order valence-electron chi connectivity index (χ3n) is 3.07. The van der Waals surface area contributed by atoms with E-state index in [9.17, 15) is 4.79 Å². The van der Waals surface area contributed by atoms with Crippen molar-refractivity contribution in [1.82, 2.24) is 5.32 Å². The van der Waals surface area contributed by atoms with E-state index < -0.39 is 0 Å². The summed E-state index contributed by atoms with van der Waals surface area (Å²) in [5, 5.41) is 3.03. The molecular weight excluding hydrogens is 366 g/mol. The minimum atomic E-state index is 0.0531. The maximum Gasteiger partial charge on any atom is 0.261 e. The summed E-state index contributed by atoms with van der Waals surface area (Å²) in [5.41, 5.74) is 0. The first-order valence-electron chi connectivity index (χ1n) is 5.83. The Morgan fingerprint density at radius 3 is 2.94 bits per heavy atom. The molecule has 1 aliphatic carbocycles. The Morgan fingerprint density at radius 2 is 2.29 bits per heavy atom. The van der Waals surface area contributed by atoms with Gasteiger partial charge in [0.15, 0.2) is 0 Å². The largest absolute Gasteiger partial charge is 0.351 e. The van der Waals surface area contributed by atoms with Crippen LogP contribution in [0.1, 0.15) is 35.4 Å². The number of nitrogens with one attached hydrogen (secondary N) is 1. The molecule has 0 bridgehead atoms. The van der Waals surface area contributed by atoms with Gasteiger partial charge in [0, 0.05) is 11.4 Å². The predicted octanol–water partition coefficient (Wildman–Crippen LogP) is 4.19. The van der Waals surface area contributed by atoms with Crippen LogP contribution in [0.3, 0.4) is 0 Å². The highest BCUT2D eigenvalue weighted by Gasteiger charge is 2.20. The number of thiophene rings is 1. The molecule has 2 rings (SSSR count). The molecule has 1 aromatic rings. The lowest BCUT2D eigenvalue weighted by atomic mass is 9.89. The number of rotatable bonds is 3. The Kier molecular flexibility index (Phi) is 5.06. The SMILES string of the molecule is O=C(NCC1CCCC(Br)C1)c1ccc(Br)s1. The molecule has 2 nitrogen and oxygen atoms in total. The second-order valence-corrected chi connectivity index (χ2v) is 8.20. The zero-order chi connectivity index (χ0) is 12.3. The molecule has 0 aliphatic heterocycles. The zero-order valence-corrected chi connectivity index (χ0v) is 13.4. The van der Waals surface area contributed by atoms with Crippen molar-refractivity contribution in [3.8, 4) is 0 Å². The van der Waals surface area contributed by atoms with Crippen LogP contribution >= 0.6 is 43.2 Å². The molecule has 1 heterocycles. The molecule has 0 saturated heterocycles. The number of carbonyl (C=O) groups excluding carboxylic acids is 1. The van der Waals surface area contributed by atoms with Gasteiger partial charge >= 0.3 is 0 Å². The van der Waals surface area contributed by atoms with E-state index in [4.69, 9.17) is 0 Å². The second kappa shape index (κ2) is 6.34. The Labute approximate surface area is 122 Å². The fourth-order valence-corrected chi connectivity index (χ4v) is 4.33. The van der Waals surface area contributed by atoms with E-state index in [0.29, 0.717) is 10.7 Å². The Balaban J connectivity index is 1.80. The lowest BCUT2D eigenvalue weighted by Gasteiger charge is -2.25. The van der Waals surface area contributed by atoms with Gasteiger partial charge in [-0.1, -0.05) is 22.4 Å². The lowest BCUT2D eigenvalue weighted by molar-refractivity contribution is 0.0948. The molecular formula is C12H15Br2NOS. The highest BCUT2D eigenvalue weighted by atomic mass is 79.9. The summed E-state index contributed by atoms with van der Waals surface area (Å²) < 4.78 is 1.00. The molecule has 1 N–H and O–H groups in total. The second-order valence-electron chi connectivity index (χ2n) is 4.44. The smallest absolute Gasteiger partial charge is 0.261 e. The highest BCUT2D eigenvalue weighted by molar-refractivity contribution is 9.11. The van der Waals surface area contributed by atoms with Crippen LogP contribution < -0.4 is 5.32 Å². The third kappa shape index (κ3) is 4.07. The maximum absolute atomic E-state index is 11.8. The highest BCUT2D eigenvalue weighted by Crippen LogP contribution is 2.28. The standard InChI is InChI=1S/C12H15Br2NOS/c13-9-3-1-2-8(6-9)7-15-12(16)10-4-5-11(14)17-10/h4-5,8-9H,1-3,6-7H2,(H,15,16). The molecule has 1 amide bonds. The molecule has 1 aromatic heterocycles. The van der Waals surface area contributed by atoms with Crippen LogP contribution in [0.5, 0.6) is 0 Å². The zero-order valence-electron chi connectivity index (χ0n) is 9.42. The van der Waals surface area contributed by atoms with Gasteiger partial charge in [0.25, 0.3) is 5.91 Å². The van der Waals surface area contributed by atoms with Gasteiger partial charge in [-0.25, -0.2) is 0 Å². The maximum atomic E-state index is 11.8. The molecule has 2 atom stereocenters. The number of amides is 1. The van der Waals surface area contributed by atoms with Crippen molar-refractivity contribution >= 4 is 49.1 Å². The van der Waals surface area contributed by atoms with E-state index >= 15 is 0 Å². The van der Waals surface area contributed by atoms with E-state index in [-0.39, 0.29) is 5.91 Å². The van der Waals surface area contributed by atoms with Gasteiger partial charge in [-0.15, -0.1) is 11.3 Å². The lowest BCUT2D eigenvalue weighted by Crippen LogP contribution is -2.31. The van der Waals surface area contributed by atoms with Crippen molar-refractivity contribution in [3.05, 3.63) is 20.8 Å². The average Bonchev–Trinajstić information content (AvgIpc) is 2.73. The number of hydrogen-bond donors (Lipinski definition) is 1. The molecule has 17 heavy (non-hydrogen) atoms. The minimum Gasteiger partial charge on any atom is -0.351 e. The van der Waals surface area contributed by atoms with Crippen LogP contribution in [-0.2, 0) is 0 Å². The Morgan fingerprint density at radius 1 is 1.47 bits per heavy atom. The summed E-state index contributed by atoms with van der Waals surface area (Å²) in [6.07, 6.45) is 4.94. The van der Waals surface area contributed by atoms with Crippen LogP contribution in [0.25, 0.3) is 0 Å².